The molecule has 0 aliphatic carbocycles. The lowest BCUT2D eigenvalue weighted by atomic mass is 9.96. The van der Waals surface area contributed by atoms with Gasteiger partial charge in [-0.15, -0.1) is 0 Å². The molecule has 1 aliphatic rings. The van der Waals surface area contributed by atoms with E-state index in [0.717, 1.165) is 16.7 Å². The maximum Gasteiger partial charge on any atom is 0.408 e. The monoisotopic (exact) mass is 655 g/mol. The summed E-state index contributed by atoms with van der Waals surface area (Å²) in [5, 5.41) is 5.50. The summed E-state index contributed by atoms with van der Waals surface area (Å²) in [6.07, 6.45) is -1.04. The SMILES string of the molecule is CC(=O)N[C@@H]1[C@@H](NC(=O)OC(C)(C)C)C=C(C(=O)OC(c2ccccc2)c2ccccc2)O[C@H]1C(=O)N(CCc1ccccc1)C(C)C. The molecule has 4 rings (SSSR count). The number of alkyl carbamates (subject to hydrolysis) is 1. The van der Waals surface area contributed by atoms with Crippen LogP contribution in [0.4, 0.5) is 4.79 Å². The lowest BCUT2D eigenvalue weighted by Gasteiger charge is -2.40. The Bertz CT molecular complexity index is 1530. The lowest BCUT2D eigenvalue weighted by Crippen LogP contribution is -2.63. The van der Waals surface area contributed by atoms with Crippen LogP contribution in [0, 0.1) is 0 Å². The Labute approximate surface area is 282 Å². The Balaban J connectivity index is 1.71. The zero-order valence-corrected chi connectivity index (χ0v) is 28.3. The van der Waals surface area contributed by atoms with Crippen molar-refractivity contribution >= 4 is 23.9 Å². The van der Waals surface area contributed by atoms with Crippen LogP contribution in [0.15, 0.2) is 103 Å². The fraction of sp³-hybridized carbons (Fsp3) is 0.368. The quantitative estimate of drug-likeness (QED) is 0.262. The zero-order valence-electron chi connectivity index (χ0n) is 28.3. The molecule has 0 aromatic heterocycles. The van der Waals surface area contributed by atoms with Gasteiger partial charge < -0.3 is 29.7 Å². The number of hydrogen-bond donors (Lipinski definition) is 2. The average molecular weight is 656 g/mol. The van der Waals surface area contributed by atoms with Crippen molar-refractivity contribution in [3.8, 4) is 0 Å². The van der Waals surface area contributed by atoms with Gasteiger partial charge in [0.25, 0.3) is 5.91 Å². The summed E-state index contributed by atoms with van der Waals surface area (Å²) in [5.41, 5.74) is 1.67. The van der Waals surface area contributed by atoms with E-state index in [1.54, 1.807) is 25.7 Å². The highest BCUT2D eigenvalue weighted by Crippen LogP contribution is 2.29. The first kappa shape index (κ1) is 35.7. The van der Waals surface area contributed by atoms with Crippen molar-refractivity contribution in [2.45, 2.75) is 83.9 Å². The first-order valence-electron chi connectivity index (χ1n) is 16.1. The number of benzene rings is 3. The third-order valence-corrected chi connectivity index (χ3v) is 7.62. The predicted octanol–water partition coefficient (Wildman–Crippen LogP) is 5.48. The molecule has 0 unspecified atom stereocenters. The molecular weight excluding hydrogens is 610 g/mol. The topological polar surface area (TPSA) is 123 Å². The largest absolute Gasteiger partial charge is 0.471 e. The molecular formula is C38H45N3O7. The van der Waals surface area contributed by atoms with E-state index >= 15 is 0 Å². The molecule has 3 amide bonds. The van der Waals surface area contributed by atoms with Gasteiger partial charge in [-0.2, -0.15) is 0 Å². The van der Waals surface area contributed by atoms with Gasteiger partial charge in [-0.1, -0.05) is 91.0 Å². The van der Waals surface area contributed by atoms with Crippen molar-refractivity contribution in [3.63, 3.8) is 0 Å². The van der Waals surface area contributed by atoms with E-state index < -0.39 is 53.8 Å². The Kier molecular flexibility index (Phi) is 12.0. The minimum Gasteiger partial charge on any atom is -0.471 e. The number of hydrogen-bond acceptors (Lipinski definition) is 7. The fourth-order valence-corrected chi connectivity index (χ4v) is 5.43. The number of nitrogens with zero attached hydrogens (tertiary/aromatic N) is 1. The van der Waals surface area contributed by atoms with E-state index in [2.05, 4.69) is 10.6 Å². The van der Waals surface area contributed by atoms with Crippen LogP contribution >= 0.6 is 0 Å². The highest BCUT2D eigenvalue weighted by molar-refractivity contribution is 5.90. The second kappa shape index (κ2) is 16.1. The van der Waals surface area contributed by atoms with Gasteiger partial charge >= 0.3 is 12.1 Å². The molecule has 0 saturated heterocycles. The normalized spacial score (nSPS) is 17.5. The second-order valence-electron chi connectivity index (χ2n) is 12.9. The van der Waals surface area contributed by atoms with Gasteiger partial charge in [0.05, 0.1) is 12.1 Å². The van der Waals surface area contributed by atoms with Crippen LogP contribution in [0.5, 0.6) is 0 Å². The smallest absolute Gasteiger partial charge is 0.408 e. The lowest BCUT2D eigenvalue weighted by molar-refractivity contribution is -0.155. The van der Waals surface area contributed by atoms with E-state index in [9.17, 15) is 19.2 Å². The third kappa shape index (κ3) is 9.94. The minimum absolute atomic E-state index is 0.248. The molecule has 1 heterocycles. The minimum atomic E-state index is -1.38. The number of rotatable bonds is 11. The van der Waals surface area contributed by atoms with Crippen LogP contribution in [-0.2, 0) is 35.0 Å². The van der Waals surface area contributed by atoms with Gasteiger partial charge in [0.2, 0.25) is 11.7 Å². The summed E-state index contributed by atoms with van der Waals surface area (Å²) in [7, 11) is 0. The van der Waals surface area contributed by atoms with E-state index in [-0.39, 0.29) is 11.8 Å². The number of esters is 1. The molecule has 1 aliphatic heterocycles. The first-order chi connectivity index (χ1) is 22.8. The van der Waals surface area contributed by atoms with Crippen molar-refractivity contribution in [1.82, 2.24) is 15.5 Å². The summed E-state index contributed by atoms with van der Waals surface area (Å²) in [4.78, 5) is 55.5. The number of amides is 3. The van der Waals surface area contributed by atoms with Crippen molar-refractivity contribution < 1.29 is 33.4 Å². The average Bonchev–Trinajstić information content (AvgIpc) is 3.04. The van der Waals surface area contributed by atoms with Crippen molar-refractivity contribution in [1.29, 1.82) is 0 Å². The maximum atomic E-state index is 14.4. The van der Waals surface area contributed by atoms with Crippen molar-refractivity contribution in [3.05, 3.63) is 120 Å². The standard InChI is InChI=1S/C38H45N3O7/c1-25(2)41(23-22-27-16-10-7-11-17-27)35(43)34-32(39-26(3)42)30(40-37(45)48-38(4,5)6)24-31(46-34)36(44)47-33(28-18-12-8-13-19-28)29-20-14-9-15-21-29/h7-21,24-25,30,32-34H,22-23H2,1-6H3,(H,39,42)(H,40,45)/t30-,32+,34+/m0/s1. The Morgan fingerprint density at radius 3 is 1.88 bits per heavy atom. The third-order valence-electron chi connectivity index (χ3n) is 7.62. The summed E-state index contributed by atoms with van der Waals surface area (Å²) >= 11 is 0. The molecule has 0 radical (unpaired) electrons. The Morgan fingerprint density at radius 1 is 0.833 bits per heavy atom. The predicted molar refractivity (Wildman–Crippen MR) is 182 cm³/mol. The molecule has 0 spiro atoms. The number of ether oxygens (including phenoxy) is 3. The maximum absolute atomic E-state index is 14.4. The van der Waals surface area contributed by atoms with Crippen LogP contribution < -0.4 is 10.6 Å². The number of carbonyl (C=O) groups is 4. The van der Waals surface area contributed by atoms with Crippen molar-refractivity contribution in [2.24, 2.45) is 0 Å². The zero-order chi connectivity index (χ0) is 34.8. The van der Waals surface area contributed by atoms with Gasteiger partial charge in [0.15, 0.2) is 12.2 Å². The molecule has 0 fully saturated rings. The van der Waals surface area contributed by atoms with E-state index in [0.29, 0.717) is 13.0 Å². The van der Waals surface area contributed by atoms with Crippen LogP contribution in [0.3, 0.4) is 0 Å². The van der Waals surface area contributed by atoms with Crippen LogP contribution in [0.1, 0.15) is 64.3 Å². The van der Waals surface area contributed by atoms with Crippen LogP contribution in [0.25, 0.3) is 0 Å². The Morgan fingerprint density at radius 2 is 1.38 bits per heavy atom. The van der Waals surface area contributed by atoms with Gasteiger partial charge in [0.1, 0.15) is 5.60 Å². The van der Waals surface area contributed by atoms with Crippen molar-refractivity contribution in [2.75, 3.05) is 6.54 Å². The van der Waals surface area contributed by atoms with Crippen LogP contribution in [0.2, 0.25) is 0 Å². The highest BCUT2D eigenvalue weighted by atomic mass is 16.6. The molecule has 10 heteroatoms. The summed E-state index contributed by atoms with van der Waals surface area (Å²) in [6, 6.07) is 25.9. The summed E-state index contributed by atoms with van der Waals surface area (Å²) in [5.74, 6) is -2.04. The van der Waals surface area contributed by atoms with Crippen LogP contribution in [-0.4, -0.2) is 65.2 Å². The van der Waals surface area contributed by atoms with Gasteiger partial charge in [-0.05, 0) is 63.8 Å². The fourth-order valence-electron chi connectivity index (χ4n) is 5.43. The second-order valence-corrected chi connectivity index (χ2v) is 12.9. The van der Waals surface area contributed by atoms with E-state index in [4.69, 9.17) is 14.2 Å². The van der Waals surface area contributed by atoms with E-state index in [1.807, 2.05) is 105 Å². The summed E-state index contributed by atoms with van der Waals surface area (Å²) < 4.78 is 17.7. The molecule has 10 nitrogen and oxygen atoms in total. The van der Waals surface area contributed by atoms with Gasteiger partial charge in [-0.25, -0.2) is 9.59 Å². The molecule has 3 aromatic rings. The molecule has 48 heavy (non-hydrogen) atoms. The van der Waals surface area contributed by atoms with Gasteiger partial charge in [-0.3, -0.25) is 9.59 Å². The highest BCUT2D eigenvalue weighted by Gasteiger charge is 2.45. The number of carbonyl (C=O) groups excluding carboxylic acids is 4. The number of nitrogens with one attached hydrogen (secondary N) is 2. The summed E-state index contributed by atoms with van der Waals surface area (Å²) in [6.45, 7) is 10.6. The molecule has 2 N–H and O–H groups in total. The van der Waals surface area contributed by atoms with Gasteiger partial charge in [0, 0.05) is 19.5 Å². The molecule has 254 valence electrons. The molecule has 0 bridgehead atoms. The van der Waals surface area contributed by atoms with E-state index in [1.165, 1.54) is 13.0 Å². The molecule has 3 atom stereocenters. The molecule has 0 saturated carbocycles. The Hall–Kier alpha value is -5.12. The molecule has 3 aromatic carbocycles. The first-order valence-corrected chi connectivity index (χ1v) is 16.1.